The summed E-state index contributed by atoms with van der Waals surface area (Å²) in [7, 11) is 1.47. The molecular formula is C14H17N3O3. The standard InChI is InChI=1S/C14H17N3O3/c1-3-6-15-14-16-10(13(19)17-14)7-9-4-5-11(18)12(8-9)20-2/h4-5,7-8,18H,3,6H2,1-2H3,(H2,15,16,17,19)/b10-7-. The Kier molecular flexibility index (Phi) is 4.24. The zero-order chi connectivity index (χ0) is 14.5. The maximum atomic E-state index is 11.8. The summed E-state index contributed by atoms with van der Waals surface area (Å²) in [4.78, 5) is 16.0. The quantitative estimate of drug-likeness (QED) is 0.722. The van der Waals surface area contributed by atoms with Crippen LogP contribution in [0.2, 0.25) is 0 Å². The number of phenols is 1. The van der Waals surface area contributed by atoms with Gasteiger partial charge in [-0.2, -0.15) is 0 Å². The van der Waals surface area contributed by atoms with E-state index in [-0.39, 0.29) is 11.7 Å². The van der Waals surface area contributed by atoms with E-state index >= 15 is 0 Å². The predicted molar refractivity (Wildman–Crippen MR) is 76.5 cm³/mol. The third-order valence-corrected chi connectivity index (χ3v) is 2.74. The van der Waals surface area contributed by atoms with E-state index in [0.717, 1.165) is 12.0 Å². The maximum absolute atomic E-state index is 11.8. The van der Waals surface area contributed by atoms with Gasteiger partial charge >= 0.3 is 0 Å². The molecule has 2 rings (SSSR count). The molecule has 3 N–H and O–H groups in total. The van der Waals surface area contributed by atoms with Gasteiger partial charge in [0.05, 0.1) is 7.11 Å². The van der Waals surface area contributed by atoms with Crippen LogP contribution in [-0.2, 0) is 4.79 Å². The van der Waals surface area contributed by atoms with Gasteiger partial charge in [-0.1, -0.05) is 13.0 Å². The topological polar surface area (TPSA) is 83.0 Å². The summed E-state index contributed by atoms with van der Waals surface area (Å²) >= 11 is 0. The number of hydrogen-bond acceptors (Lipinski definition) is 4. The number of amides is 1. The van der Waals surface area contributed by atoms with E-state index in [4.69, 9.17) is 4.74 Å². The largest absolute Gasteiger partial charge is 0.504 e. The van der Waals surface area contributed by atoms with E-state index in [1.165, 1.54) is 13.2 Å². The molecule has 1 aliphatic rings. The number of carbonyl (C=O) groups excluding carboxylic acids is 1. The monoisotopic (exact) mass is 275 g/mol. The molecule has 0 atom stereocenters. The smallest absolute Gasteiger partial charge is 0.274 e. The average molecular weight is 275 g/mol. The van der Waals surface area contributed by atoms with Crippen molar-refractivity contribution in [3.8, 4) is 11.5 Å². The number of aliphatic imine (C=N–C) groups is 1. The first-order valence-electron chi connectivity index (χ1n) is 6.35. The second-order valence-corrected chi connectivity index (χ2v) is 4.30. The van der Waals surface area contributed by atoms with Crippen LogP contribution >= 0.6 is 0 Å². The highest BCUT2D eigenvalue weighted by Gasteiger charge is 2.21. The molecule has 1 fully saturated rings. The number of ether oxygens (including phenoxy) is 1. The van der Waals surface area contributed by atoms with Crippen LogP contribution < -0.4 is 15.4 Å². The van der Waals surface area contributed by atoms with Crippen molar-refractivity contribution in [2.75, 3.05) is 13.7 Å². The van der Waals surface area contributed by atoms with Gasteiger partial charge < -0.3 is 15.2 Å². The summed E-state index contributed by atoms with van der Waals surface area (Å²) in [6.45, 7) is 2.67. The Bertz CT molecular complexity index is 579. The average Bonchev–Trinajstić information content (AvgIpc) is 2.79. The van der Waals surface area contributed by atoms with Crippen molar-refractivity contribution in [2.45, 2.75) is 13.3 Å². The van der Waals surface area contributed by atoms with Gasteiger partial charge in [0.2, 0.25) is 5.96 Å². The highest BCUT2D eigenvalue weighted by molar-refractivity contribution is 6.15. The molecule has 0 spiro atoms. The number of aromatic hydroxyl groups is 1. The number of carbonyl (C=O) groups is 1. The van der Waals surface area contributed by atoms with Crippen LogP contribution in [0.1, 0.15) is 18.9 Å². The van der Waals surface area contributed by atoms with Crippen LogP contribution in [0, 0.1) is 0 Å². The van der Waals surface area contributed by atoms with Crippen molar-refractivity contribution < 1.29 is 14.6 Å². The summed E-state index contributed by atoms with van der Waals surface area (Å²) in [5.74, 6) is 0.655. The molecule has 106 valence electrons. The number of phenolic OH excluding ortho intramolecular Hbond substituents is 1. The molecule has 0 bridgehead atoms. The summed E-state index contributed by atoms with van der Waals surface area (Å²) < 4.78 is 5.03. The lowest BCUT2D eigenvalue weighted by Crippen LogP contribution is -2.25. The minimum atomic E-state index is -0.230. The van der Waals surface area contributed by atoms with Crippen LogP contribution in [-0.4, -0.2) is 30.6 Å². The Morgan fingerprint density at radius 1 is 1.40 bits per heavy atom. The molecule has 0 unspecified atom stereocenters. The Morgan fingerprint density at radius 2 is 2.20 bits per heavy atom. The van der Waals surface area contributed by atoms with Gasteiger partial charge in [-0.3, -0.25) is 15.1 Å². The molecule has 1 amide bonds. The van der Waals surface area contributed by atoms with Gasteiger partial charge in [-0.05, 0) is 30.2 Å². The van der Waals surface area contributed by atoms with Gasteiger partial charge in [0, 0.05) is 6.54 Å². The van der Waals surface area contributed by atoms with Crippen LogP contribution in [0.4, 0.5) is 0 Å². The van der Waals surface area contributed by atoms with Crippen LogP contribution in [0.3, 0.4) is 0 Å². The van der Waals surface area contributed by atoms with Crippen LogP contribution in [0.5, 0.6) is 11.5 Å². The second-order valence-electron chi connectivity index (χ2n) is 4.30. The fourth-order valence-corrected chi connectivity index (χ4v) is 1.75. The Balaban J connectivity index is 2.21. The Hall–Kier alpha value is -2.50. The van der Waals surface area contributed by atoms with Gasteiger partial charge in [0.1, 0.15) is 5.70 Å². The van der Waals surface area contributed by atoms with Gasteiger partial charge in [0.25, 0.3) is 5.91 Å². The summed E-state index contributed by atoms with van der Waals surface area (Å²) in [5, 5.41) is 15.1. The first-order chi connectivity index (χ1) is 9.63. The SMILES string of the molecule is CCCN=C1NC(=O)/C(=C/c2ccc(O)c(OC)c2)N1. The van der Waals surface area contributed by atoms with Crippen LogP contribution in [0.15, 0.2) is 28.9 Å². The van der Waals surface area contributed by atoms with Gasteiger partial charge in [-0.25, -0.2) is 0 Å². The Labute approximate surface area is 117 Å². The zero-order valence-electron chi connectivity index (χ0n) is 11.4. The molecule has 0 aromatic heterocycles. The van der Waals surface area contributed by atoms with Crippen molar-refractivity contribution >= 4 is 17.9 Å². The van der Waals surface area contributed by atoms with E-state index in [1.54, 1.807) is 18.2 Å². The summed E-state index contributed by atoms with van der Waals surface area (Å²) in [6, 6.07) is 4.86. The van der Waals surface area contributed by atoms with E-state index in [0.29, 0.717) is 24.0 Å². The Morgan fingerprint density at radius 3 is 2.90 bits per heavy atom. The molecule has 1 aromatic carbocycles. The summed E-state index contributed by atoms with van der Waals surface area (Å²) in [5.41, 5.74) is 1.15. The molecule has 0 radical (unpaired) electrons. The fraction of sp³-hybridized carbons (Fsp3) is 0.286. The number of nitrogens with one attached hydrogen (secondary N) is 2. The third kappa shape index (κ3) is 3.09. The maximum Gasteiger partial charge on any atom is 0.274 e. The van der Waals surface area contributed by atoms with E-state index in [1.807, 2.05) is 6.92 Å². The molecule has 6 heteroatoms. The molecule has 0 aliphatic carbocycles. The first-order valence-corrected chi connectivity index (χ1v) is 6.35. The van der Waals surface area contributed by atoms with E-state index < -0.39 is 0 Å². The van der Waals surface area contributed by atoms with Crippen LogP contribution in [0.25, 0.3) is 6.08 Å². The first kappa shape index (κ1) is 13.9. The lowest BCUT2D eigenvalue weighted by Gasteiger charge is -2.04. The van der Waals surface area contributed by atoms with E-state index in [9.17, 15) is 9.90 Å². The number of guanidine groups is 1. The molecule has 1 saturated heterocycles. The molecule has 1 aliphatic heterocycles. The fourth-order valence-electron chi connectivity index (χ4n) is 1.75. The van der Waals surface area contributed by atoms with Gasteiger partial charge in [0.15, 0.2) is 11.5 Å². The predicted octanol–water partition coefficient (Wildman–Crippen LogP) is 1.23. The molecule has 6 nitrogen and oxygen atoms in total. The van der Waals surface area contributed by atoms with Crippen molar-refractivity contribution in [1.29, 1.82) is 0 Å². The van der Waals surface area contributed by atoms with E-state index in [2.05, 4.69) is 15.6 Å². The molecule has 1 aromatic rings. The number of benzene rings is 1. The summed E-state index contributed by atoms with van der Waals surface area (Å²) in [6.07, 6.45) is 2.58. The van der Waals surface area contributed by atoms with Gasteiger partial charge in [-0.15, -0.1) is 0 Å². The minimum Gasteiger partial charge on any atom is -0.504 e. The minimum absolute atomic E-state index is 0.0590. The number of rotatable bonds is 4. The van der Waals surface area contributed by atoms with Crippen molar-refractivity contribution in [1.82, 2.24) is 10.6 Å². The second kappa shape index (κ2) is 6.10. The third-order valence-electron chi connectivity index (χ3n) is 2.74. The molecular weight excluding hydrogens is 258 g/mol. The lowest BCUT2D eigenvalue weighted by molar-refractivity contribution is -0.115. The molecule has 0 saturated carbocycles. The lowest BCUT2D eigenvalue weighted by atomic mass is 10.1. The number of methoxy groups -OCH3 is 1. The highest BCUT2D eigenvalue weighted by Crippen LogP contribution is 2.27. The molecule has 20 heavy (non-hydrogen) atoms. The normalized spacial score (nSPS) is 18.2. The number of nitrogens with zero attached hydrogens (tertiary/aromatic N) is 1. The zero-order valence-corrected chi connectivity index (χ0v) is 11.4. The highest BCUT2D eigenvalue weighted by atomic mass is 16.5. The van der Waals surface area contributed by atoms with Crippen molar-refractivity contribution in [2.24, 2.45) is 4.99 Å². The number of hydrogen-bond donors (Lipinski definition) is 3. The van der Waals surface area contributed by atoms with Crippen molar-refractivity contribution in [3.05, 3.63) is 29.5 Å². The molecule has 1 heterocycles. The van der Waals surface area contributed by atoms with Crippen molar-refractivity contribution in [3.63, 3.8) is 0 Å².